The first-order chi connectivity index (χ1) is 24.5. The van der Waals surface area contributed by atoms with Gasteiger partial charge in [0.15, 0.2) is 5.82 Å². The summed E-state index contributed by atoms with van der Waals surface area (Å²) < 4.78 is 1.97. The largest absolute Gasteiger partial charge is 0.412 e. The van der Waals surface area contributed by atoms with Crippen molar-refractivity contribution >= 4 is 27.8 Å². The third kappa shape index (κ3) is 16.3. The first-order valence-corrected chi connectivity index (χ1v) is 21.1. The molecule has 284 valence electrons. The summed E-state index contributed by atoms with van der Waals surface area (Å²) in [4.78, 5) is 21.0. The van der Waals surface area contributed by atoms with Crippen molar-refractivity contribution < 1.29 is 4.84 Å². The van der Waals surface area contributed by atoms with Gasteiger partial charge in [0.1, 0.15) is 23.5 Å². The van der Waals surface area contributed by atoms with E-state index in [0.717, 1.165) is 73.0 Å². The van der Waals surface area contributed by atoms with Gasteiger partial charge in [0.05, 0.1) is 5.52 Å². The number of nitrogens with two attached hydrogens (primary N) is 1. The van der Waals surface area contributed by atoms with Crippen LogP contribution < -0.4 is 10.6 Å². The van der Waals surface area contributed by atoms with E-state index in [-0.39, 0.29) is 0 Å². The maximum atomic E-state index is 6.49. The molecule has 0 radical (unpaired) electrons. The minimum atomic E-state index is 0.478. The second kappa shape index (κ2) is 26.4. The number of fused-ring (bicyclic) bond motifs is 3. The van der Waals surface area contributed by atoms with E-state index >= 15 is 0 Å². The van der Waals surface area contributed by atoms with E-state index in [1.165, 1.54) is 135 Å². The molecule has 50 heavy (non-hydrogen) atoms. The first-order valence-electron chi connectivity index (χ1n) is 21.1. The van der Waals surface area contributed by atoms with Crippen molar-refractivity contribution in [3.63, 3.8) is 0 Å². The number of anilines is 1. The molecule has 2 heterocycles. The van der Waals surface area contributed by atoms with Crippen molar-refractivity contribution in [2.24, 2.45) is 0 Å². The Morgan fingerprint density at radius 1 is 0.600 bits per heavy atom. The van der Waals surface area contributed by atoms with Crippen LogP contribution in [0.1, 0.15) is 167 Å². The SMILES string of the molecule is CCCCCCCCCCCCCCCCCCCCN(CCCCOn1c(CCCC)nc2c(N)nc3ccccc3c21)CCCN(C)C. The molecule has 0 aliphatic rings. The zero-order valence-corrected chi connectivity index (χ0v) is 33.0. The number of hydrogen-bond donors (Lipinski definition) is 1. The van der Waals surface area contributed by atoms with E-state index in [1.807, 2.05) is 22.9 Å². The molecule has 0 atom stereocenters. The number of para-hydroxylation sites is 1. The highest BCUT2D eigenvalue weighted by molar-refractivity contribution is 6.06. The van der Waals surface area contributed by atoms with E-state index in [2.05, 4.69) is 48.8 Å². The van der Waals surface area contributed by atoms with Gasteiger partial charge in [-0.25, -0.2) is 9.97 Å². The number of unbranched alkanes of at least 4 members (excludes halogenated alkanes) is 19. The second-order valence-electron chi connectivity index (χ2n) is 15.2. The van der Waals surface area contributed by atoms with Crippen molar-refractivity contribution in [2.45, 2.75) is 168 Å². The van der Waals surface area contributed by atoms with Gasteiger partial charge >= 0.3 is 0 Å². The monoisotopic (exact) mass is 693 g/mol. The average molecular weight is 693 g/mol. The Labute approximate surface area is 307 Å². The maximum Gasteiger partial charge on any atom is 0.152 e. The quantitative estimate of drug-likeness (QED) is 0.0657. The molecule has 0 saturated carbocycles. The summed E-state index contributed by atoms with van der Waals surface area (Å²) >= 11 is 0. The zero-order chi connectivity index (χ0) is 35.7. The molecule has 3 rings (SSSR count). The van der Waals surface area contributed by atoms with Crippen LogP contribution in [0.5, 0.6) is 0 Å². The Bertz CT molecular complexity index is 1270. The van der Waals surface area contributed by atoms with Crippen LogP contribution in [-0.2, 0) is 6.42 Å². The molecular weight excluding hydrogens is 617 g/mol. The Kier molecular flexibility index (Phi) is 22.2. The molecule has 3 aromatic rings. The lowest BCUT2D eigenvalue weighted by Crippen LogP contribution is -2.30. The lowest BCUT2D eigenvalue weighted by molar-refractivity contribution is 0.106. The van der Waals surface area contributed by atoms with Gasteiger partial charge < -0.3 is 20.4 Å². The molecule has 0 aliphatic carbocycles. The Hall–Kier alpha value is -2.38. The van der Waals surface area contributed by atoms with E-state index in [4.69, 9.17) is 15.6 Å². The van der Waals surface area contributed by atoms with Gasteiger partial charge in [-0.3, -0.25) is 0 Å². The Morgan fingerprint density at radius 3 is 1.70 bits per heavy atom. The van der Waals surface area contributed by atoms with Gasteiger partial charge in [0.2, 0.25) is 0 Å². The molecule has 7 nitrogen and oxygen atoms in total. The molecule has 0 aliphatic heterocycles. The Balaban J connectivity index is 1.31. The topological polar surface area (TPSA) is 72.4 Å². The smallest absolute Gasteiger partial charge is 0.152 e. The molecule has 0 unspecified atom stereocenters. The van der Waals surface area contributed by atoms with Gasteiger partial charge in [-0.2, -0.15) is 4.73 Å². The van der Waals surface area contributed by atoms with Crippen molar-refractivity contribution in [3.8, 4) is 0 Å². The molecule has 0 spiro atoms. The highest BCUT2D eigenvalue weighted by Crippen LogP contribution is 2.28. The number of nitrogen functional groups attached to an aromatic ring is 1. The van der Waals surface area contributed by atoms with Crippen LogP contribution in [-0.4, -0.2) is 71.4 Å². The molecule has 2 N–H and O–H groups in total. The fraction of sp³-hybridized carbons (Fsp3) is 0.767. The summed E-state index contributed by atoms with van der Waals surface area (Å²) in [5.74, 6) is 1.43. The number of aromatic nitrogens is 3. The van der Waals surface area contributed by atoms with E-state index < -0.39 is 0 Å². The number of pyridine rings is 1. The number of aryl methyl sites for hydroxylation is 1. The van der Waals surface area contributed by atoms with E-state index in [0.29, 0.717) is 12.4 Å². The minimum absolute atomic E-state index is 0.478. The van der Waals surface area contributed by atoms with Crippen molar-refractivity contribution in [1.82, 2.24) is 24.5 Å². The van der Waals surface area contributed by atoms with Crippen LogP contribution in [0.4, 0.5) is 5.82 Å². The molecular formula is C43H76N6O. The summed E-state index contributed by atoms with van der Waals surface area (Å²) in [5.41, 5.74) is 8.97. The lowest BCUT2D eigenvalue weighted by Gasteiger charge is -2.23. The third-order valence-electron chi connectivity index (χ3n) is 10.3. The molecule has 0 bridgehead atoms. The Morgan fingerprint density at radius 2 is 1.12 bits per heavy atom. The third-order valence-corrected chi connectivity index (χ3v) is 10.3. The van der Waals surface area contributed by atoms with Crippen molar-refractivity contribution in [3.05, 3.63) is 30.1 Å². The van der Waals surface area contributed by atoms with E-state index in [9.17, 15) is 0 Å². The maximum absolute atomic E-state index is 6.49. The number of hydrogen-bond acceptors (Lipinski definition) is 6. The van der Waals surface area contributed by atoms with Gasteiger partial charge in [-0.15, -0.1) is 0 Å². The highest BCUT2D eigenvalue weighted by Gasteiger charge is 2.18. The molecule has 7 heteroatoms. The lowest BCUT2D eigenvalue weighted by atomic mass is 10.0. The average Bonchev–Trinajstić information content (AvgIpc) is 3.48. The van der Waals surface area contributed by atoms with Gasteiger partial charge in [-0.05, 0) is 78.4 Å². The predicted octanol–water partition coefficient (Wildman–Crippen LogP) is 11.0. The number of imidazole rings is 1. The van der Waals surface area contributed by atoms with Crippen LogP contribution in [0.3, 0.4) is 0 Å². The van der Waals surface area contributed by atoms with Crippen LogP contribution in [0.2, 0.25) is 0 Å². The summed E-state index contributed by atoms with van der Waals surface area (Å²) in [7, 11) is 4.36. The van der Waals surface area contributed by atoms with Crippen LogP contribution in [0.15, 0.2) is 24.3 Å². The standard InChI is InChI=1S/C43H76N6O/c1-5-7-9-10-11-12-13-14-15-16-17-18-19-20-21-22-23-26-34-48(36-29-33-47(3)4)35-27-28-37-50-49-40(32-8-6-2)46-41-42(49)38-30-24-25-31-39(38)45-43(41)44/h24-25,30-31H,5-23,26-29,32-37H2,1-4H3,(H2,44,45). The fourth-order valence-electron chi connectivity index (χ4n) is 7.23. The van der Waals surface area contributed by atoms with Crippen LogP contribution in [0, 0.1) is 0 Å². The molecule has 0 amide bonds. The zero-order valence-electron chi connectivity index (χ0n) is 33.0. The molecule has 1 aromatic carbocycles. The van der Waals surface area contributed by atoms with Crippen molar-refractivity contribution in [1.29, 1.82) is 0 Å². The molecule has 0 fully saturated rings. The van der Waals surface area contributed by atoms with E-state index in [1.54, 1.807) is 0 Å². The first kappa shape index (κ1) is 42.0. The van der Waals surface area contributed by atoms with Gasteiger partial charge in [0, 0.05) is 11.8 Å². The van der Waals surface area contributed by atoms with Crippen LogP contribution in [0.25, 0.3) is 21.9 Å². The summed E-state index contributed by atoms with van der Waals surface area (Å²) in [6.45, 7) is 9.89. The number of nitrogens with zero attached hydrogens (tertiary/aromatic N) is 5. The second-order valence-corrected chi connectivity index (χ2v) is 15.2. The fourth-order valence-corrected chi connectivity index (χ4v) is 7.23. The number of rotatable bonds is 32. The molecule has 2 aromatic heterocycles. The van der Waals surface area contributed by atoms with Gasteiger partial charge in [-0.1, -0.05) is 148 Å². The summed E-state index contributed by atoms with van der Waals surface area (Å²) in [6.07, 6.45) is 32.1. The van der Waals surface area contributed by atoms with Crippen molar-refractivity contribution in [2.75, 3.05) is 52.6 Å². The van der Waals surface area contributed by atoms with Gasteiger partial charge in [0.25, 0.3) is 0 Å². The minimum Gasteiger partial charge on any atom is -0.412 e. The molecule has 0 saturated heterocycles. The predicted molar refractivity (Wildman–Crippen MR) is 217 cm³/mol. The van der Waals surface area contributed by atoms with Crippen LogP contribution >= 0.6 is 0 Å². The summed E-state index contributed by atoms with van der Waals surface area (Å²) in [6, 6.07) is 8.17. The summed E-state index contributed by atoms with van der Waals surface area (Å²) in [5, 5.41) is 1.04. The number of benzene rings is 1. The normalized spacial score (nSPS) is 12.0. The highest BCUT2D eigenvalue weighted by atomic mass is 16.7.